The maximum Gasteiger partial charge on any atom is 0.335 e. The minimum Gasteiger partial charge on any atom is -0.478 e. The third kappa shape index (κ3) is 5.41. The van der Waals surface area contributed by atoms with Gasteiger partial charge in [-0.05, 0) is 36.2 Å². The van der Waals surface area contributed by atoms with Crippen LogP contribution in [0, 0.1) is 0 Å². The highest BCUT2D eigenvalue weighted by Crippen LogP contribution is 2.06. The van der Waals surface area contributed by atoms with E-state index in [0.29, 0.717) is 12.1 Å². The van der Waals surface area contributed by atoms with E-state index in [4.69, 9.17) is 5.11 Å². The first kappa shape index (κ1) is 19.1. The Morgan fingerprint density at radius 2 is 1.73 bits per heavy atom. The molecular weight excluding hydrogens is 334 g/mol. The van der Waals surface area contributed by atoms with E-state index < -0.39 is 11.9 Å². The lowest BCUT2D eigenvalue weighted by Crippen LogP contribution is -2.25. The zero-order chi connectivity index (χ0) is 18.9. The molecule has 0 saturated carbocycles. The molecule has 0 aliphatic heterocycles. The number of carbonyl (C=O) groups excluding carboxylic acids is 2. The maximum atomic E-state index is 12.1. The standard InChI is InChI=1S/C19H21N3O4/c1-2-3-9-21-17(23)14-6-4-13(5-7-14)12-22-18(24)16-11-15(19(25)26)8-10-20-16/h4-8,10-11H,2-3,9,12H2,1H3,(H,21,23)(H,22,24)(H,25,26). The van der Waals surface area contributed by atoms with Crippen LogP contribution < -0.4 is 10.6 Å². The van der Waals surface area contributed by atoms with Crippen LogP contribution >= 0.6 is 0 Å². The average Bonchev–Trinajstić information content (AvgIpc) is 2.66. The van der Waals surface area contributed by atoms with Crippen LogP contribution in [0.1, 0.15) is 56.5 Å². The lowest BCUT2D eigenvalue weighted by atomic mass is 10.1. The first-order valence-corrected chi connectivity index (χ1v) is 8.36. The predicted octanol–water partition coefficient (Wildman–Crippen LogP) is 2.24. The first-order valence-electron chi connectivity index (χ1n) is 8.36. The molecule has 0 saturated heterocycles. The molecule has 2 rings (SSSR count). The van der Waals surface area contributed by atoms with Crippen molar-refractivity contribution in [1.29, 1.82) is 0 Å². The van der Waals surface area contributed by atoms with Gasteiger partial charge in [0, 0.05) is 24.8 Å². The number of hydrogen-bond acceptors (Lipinski definition) is 4. The molecule has 3 N–H and O–H groups in total. The van der Waals surface area contributed by atoms with E-state index in [-0.39, 0.29) is 23.7 Å². The molecule has 1 aromatic carbocycles. The van der Waals surface area contributed by atoms with Crippen molar-refractivity contribution in [3.8, 4) is 0 Å². The summed E-state index contributed by atoms with van der Waals surface area (Å²) in [5.74, 6) is -1.70. The third-order valence-corrected chi connectivity index (χ3v) is 3.72. The van der Waals surface area contributed by atoms with Crippen molar-refractivity contribution in [3.05, 3.63) is 65.0 Å². The van der Waals surface area contributed by atoms with E-state index in [9.17, 15) is 14.4 Å². The number of pyridine rings is 1. The van der Waals surface area contributed by atoms with E-state index in [1.54, 1.807) is 24.3 Å². The zero-order valence-electron chi connectivity index (χ0n) is 14.5. The highest BCUT2D eigenvalue weighted by atomic mass is 16.4. The summed E-state index contributed by atoms with van der Waals surface area (Å²) in [5.41, 5.74) is 1.42. The molecular formula is C19H21N3O4. The first-order chi connectivity index (χ1) is 12.5. The molecule has 26 heavy (non-hydrogen) atoms. The summed E-state index contributed by atoms with van der Waals surface area (Å²) in [4.78, 5) is 38.8. The Hall–Kier alpha value is -3.22. The third-order valence-electron chi connectivity index (χ3n) is 3.72. The van der Waals surface area contributed by atoms with Gasteiger partial charge in [0.1, 0.15) is 5.69 Å². The molecule has 136 valence electrons. The number of carboxylic acid groups (broad SMARTS) is 1. The molecule has 0 atom stereocenters. The van der Waals surface area contributed by atoms with Gasteiger partial charge in [0.15, 0.2) is 0 Å². The summed E-state index contributed by atoms with van der Waals surface area (Å²) in [7, 11) is 0. The van der Waals surface area contributed by atoms with Gasteiger partial charge in [-0.1, -0.05) is 25.5 Å². The molecule has 7 nitrogen and oxygen atoms in total. The van der Waals surface area contributed by atoms with Crippen molar-refractivity contribution >= 4 is 17.8 Å². The van der Waals surface area contributed by atoms with Gasteiger partial charge in [-0.25, -0.2) is 4.79 Å². The summed E-state index contributed by atoms with van der Waals surface area (Å²) in [5, 5.41) is 14.5. The quantitative estimate of drug-likeness (QED) is 0.629. The fraction of sp³-hybridized carbons (Fsp3) is 0.263. The average molecular weight is 355 g/mol. The molecule has 0 bridgehead atoms. The van der Waals surface area contributed by atoms with E-state index in [0.717, 1.165) is 18.4 Å². The topological polar surface area (TPSA) is 108 Å². The smallest absolute Gasteiger partial charge is 0.335 e. The summed E-state index contributed by atoms with van der Waals surface area (Å²) >= 11 is 0. The van der Waals surface area contributed by atoms with Crippen molar-refractivity contribution in [3.63, 3.8) is 0 Å². The van der Waals surface area contributed by atoms with Gasteiger partial charge in [-0.2, -0.15) is 0 Å². The Bertz CT molecular complexity index is 788. The van der Waals surface area contributed by atoms with Crippen LogP contribution in [0.5, 0.6) is 0 Å². The van der Waals surface area contributed by atoms with Crippen LogP contribution in [-0.2, 0) is 6.54 Å². The highest BCUT2D eigenvalue weighted by Gasteiger charge is 2.11. The highest BCUT2D eigenvalue weighted by molar-refractivity contribution is 5.96. The van der Waals surface area contributed by atoms with Crippen LogP contribution in [0.3, 0.4) is 0 Å². The second kappa shape index (κ2) is 9.31. The molecule has 7 heteroatoms. The Labute approximate surface area is 151 Å². The largest absolute Gasteiger partial charge is 0.478 e. The SMILES string of the molecule is CCCCNC(=O)c1ccc(CNC(=O)c2cc(C(=O)O)ccn2)cc1. The minimum atomic E-state index is -1.12. The van der Waals surface area contributed by atoms with Gasteiger partial charge in [0.2, 0.25) is 0 Å². The predicted molar refractivity (Wildman–Crippen MR) is 96.0 cm³/mol. The van der Waals surface area contributed by atoms with E-state index in [1.165, 1.54) is 18.3 Å². The number of rotatable bonds is 8. The number of carbonyl (C=O) groups is 3. The van der Waals surface area contributed by atoms with Gasteiger partial charge in [0.25, 0.3) is 11.8 Å². The normalized spacial score (nSPS) is 10.2. The Morgan fingerprint density at radius 3 is 2.38 bits per heavy atom. The van der Waals surface area contributed by atoms with Gasteiger partial charge >= 0.3 is 5.97 Å². The second-order valence-electron chi connectivity index (χ2n) is 5.72. The Balaban J connectivity index is 1.91. The van der Waals surface area contributed by atoms with Crippen LogP contribution in [-0.4, -0.2) is 34.4 Å². The second-order valence-corrected chi connectivity index (χ2v) is 5.72. The van der Waals surface area contributed by atoms with Crippen LogP contribution in [0.4, 0.5) is 0 Å². The Kier molecular flexibility index (Phi) is 6.84. The molecule has 0 aliphatic carbocycles. The van der Waals surface area contributed by atoms with Crippen molar-refractivity contribution in [1.82, 2.24) is 15.6 Å². The van der Waals surface area contributed by atoms with Gasteiger partial charge in [0.05, 0.1) is 5.56 Å². The number of aromatic carboxylic acids is 1. The van der Waals surface area contributed by atoms with Gasteiger partial charge in [-0.15, -0.1) is 0 Å². The van der Waals surface area contributed by atoms with Crippen LogP contribution in [0.2, 0.25) is 0 Å². The number of nitrogens with zero attached hydrogens (tertiary/aromatic N) is 1. The molecule has 1 heterocycles. The minimum absolute atomic E-state index is 0.00332. The number of amides is 2. The van der Waals surface area contributed by atoms with Gasteiger partial charge < -0.3 is 15.7 Å². The number of benzene rings is 1. The van der Waals surface area contributed by atoms with Gasteiger partial charge in [-0.3, -0.25) is 14.6 Å². The molecule has 0 unspecified atom stereocenters. The van der Waals surface area contributed by atoms with Crippen molar-refractivity contribution in [2.75, 3.05) is 6.54 Å². The lowest BCUT2D eigenvalue weighted by molar-refractivity contribution is 0.0696. The van der Waals surface area contributed by atoms with Crippen molar-refractivity contribution in [2.45, 2.75) is 26.3 Å². The van der Waals surface area contributed by atoms with E-state index in [1.807, 2.05) is 0 Å². The monoisotopic (exact) mass is 355 g/mol. The molecule has 0 spiro atoms. The van der Waals surface area contributed by atoms with E-state index >= 15 is 0 Å². The molecule has 0 aliphatic rings. The summed E-state index contributed by atoms with van der Waals surface area (Å²) in [6.07, 6.45) is 3.24. The number of aromatic nitrogens is 1. The molecule has 0 radical (unpaired) electrons. The number of hydrogen-bond donors (Lipinski definition) is 3. The molecule has 1 aromatic heterocycles. The fourth-order valence-electron chi connectivity index (χ4n) is 2.22. The number of unbranched alkanes of at least 4 members (excludes halogenated alkanes) is 1. The summed E-state index contributed by atoms with van der Waals surface area (Å²) < 4.78 is 0. The molecule has 0 fully saturated rings. The molecule has 2 amide bonds. The fourth-order valence-corrected chi connectivity index (χ4v) is 2.22. The maximum absolute atomic E-state index is 12.1. The summed E-state index contributed by atoms with van der Waals surface area (Å²) in [6, 6.07) is 9.47. The summed E-state index contributed by atoms with van der Waals surface area (Å²) in [6.45, 7) is 2.95. The van der Waals surface area contributed by atoms with Crippen molar-refractivity contribution < 1.29 is 19.5 Å². The van der Waals surface area contributed by atoms with Crippen molar-refractivity contribution in [2.24, 2.45) is 0 Å². The van der Waals surface area contributed by atoms with E-state index in [2.05, 4.69) is 22.5 Å². The molecule has 2 aromatic rings. The number of carboxylic acids is 1. The zero-order valence-corrected chi connectivity index (χ0v) is 14.5. The number of nitrogens with one attached hydrogen (secondary N) is 2. The Morgan fingerprint density at radius 1 is 1.00 bits per heavy atom. The van der Waals surface area contributed by atoms with Crippen LogP contribution in [0.25, 0.3) is 0 Å². The lowest BCUT2D eigenvalue weighted by Gasteiger charge is -2.07. The van der Waals surface area contributed by atoms with Crippen LogP contribution in [0.15, 0.2) is 42.6 Å².